The van der Waals surface area contributed by atoms with E-state index in [0.717, 1.165) is 24.8 Å². The highest BCUT2D eigenvalue weighted by Crippen LogP contribution is 2.26. The van der Waals surface area contributed by atoms with Crippen LogP contribution in [0.25, 0.3) is 0 Å². The lowest BCUT2D eigenvalue weighted by molar-refractivity contribution is 0.103. The van der Waals surface area contributed by atoms with E-state index in [1.165, 1.54) is 11.3 Å². The third-order valence-electron chi connectivity index (χ3n) is 2.22. The van der Waals surface area contributed by atoms with Crippen molar-refractivity contribution in [2.24, 2.45) is 0 Å². The van der Waals surface area contributed by atoms with E-state index < -0.39 is 0 Å². The first-order chi connectivity index (χ1) is 6.81. The zero-order chi connectivity index (χ0) is 9.97. The summed E-state index contributed by atoms with van der Waals surface area (Å²) in [7, 11) is 1.56. The third kappa shape index (κ3) is 1.70. The Hall–Kier alpha value is -1.16. The predicted octanol–water partition coefficient (Wildman–Crippen LogP) is 2.44. The lowest BCUT2D eigenvalue weighted by atomic mass is 10.1. The van der Waals surface area contributed by atoms with Crippen LogP contribution in [0, 0.1) is 0 Å². The average molecular weight is 209 g/mol. The minimum absolute atomic E-state index is 0.114. The van der Waals surface area contributed by atoms with Crippen LogP contribution in [0.5, 0.6) is 5.19 Å². The maximum atomic E-state index is 11.8. The normalized spacial score (nSPS) is 15.4. The second-order valence-corrected chi connectivity index (χ2v) is 4.14. The summed E-state index contributed by atoms with van der Waals surface area (Å²) in [6.07, 6.45) is 6.63. The monoisotopic (exact) mass is 209 g/mol. The van der Waals surface area contributed by atoms with Crippen molar-refractivity contribution in [1.29, 1.82) is 0 Å². The number of nitrogens with zero attached hydrogens (tertiary/aromatic N) is 1. The molecule has 0 N–H and O–H groups in total. The molecule has 0 aliphatic heterocycles. The van der Waals surface area contributed by atoms with Crippen LogP contribution in [0.1, 0.15) is 28.9 Å². The molecule has 74 valence electrons. The van der Waals surface area contributed by atoms with Gasteiger partial charge in [0.2, 0.25) is 0 Å². The maximum Gasteiger partial charge on any atom is 0.273 e. The van der Waals surface area contributed by atoms with E-state index in [2.05, 4.69) is 4.98 Å². The Morgan fingerprint density at radius 3 is 3.07 bits per heavy atom. The molecule has 0 atom stereocenters. The standard InChI is InChI=1S/C10H11NO2S/c1-13-10-11-6-8(14-10)9(12)7-4-2-3-5-7/h4,6H,2-3,5H2,1H3. The summed E-state index contributed by atoms with van der Waals surface area (Å²) in [5, 5.41) is 0.548. The molecule has 1 aliphatic rings. The van der Waals surface area contributed by atoms with Crippen molar-refractivity contribution in [3.8, 4) is 5.19 Å². The Kier molecular flexibility index (Phi) is 2.63. The van der Waals surface area contributed by atoms with Gasteiger partial charge in [-0.15, -0.1) is 0 Å². The number of rotatable bonds is 3. The molecule has 0 fully saturated rings. The zero-order valence-electron chi connectivity index (χ0n) is 7.95. The summed E-state index contributed by atoms with van der Waals surface area (Å²) in [5.41, 5.74) is 0.927. The number of ketones is 1. The molecule has 4 heteroatoms. The molecule has 1 aliphatic carbocycles. The Morgan fingerprint density at radius 2 is 2.50 bits per heavy atom. The number of methoxy groups -OCH3 is 1. The molecule has 0 spiro atoms. The molecule has 0 unspecified atom stereocenters. The number of allylic oxidation sites excluding steroid dienone is 2. The molecular formula is C10H11NO2S. The molecule has 0 radical (unpaired) electrons. The van der Waals surface area contributed by atoms with Crippen molar-refractivity contribution in [2.45, 2.75) is 19.3 Å². The minimum Gasteiger partial charge on any atom is -0.473 e. The fourth-order valence-corrected chi connectivity index (χ4v) is 2.20. The van der Waals surface area contributed by atoms with E-state index >= 15 is 0 Å². The van der Waals surface area contributed by atoms with Gasteiger partial charge in [0.05, 0.1) is 18.2 Å². The van der Waals surface area contributed by atoms with Crippen LogP contribution in [0.4, 0.5) is 0 Å². The third-order valence-corrected chi connectivity index (χ3v) is 3.17. The average Bonchev–Trinajstić information content (AvgIpc) is 2.88. The van der Waals surface area contributed by atoms with Crippen molar-refractivity contribution in [3.05, 3.63) is 22.7 Å². The molecule has 0 amide bonds. The summed E-state index contributed by atoms with van der Waals surface area (Å²) in [6, 6.07) is 0. The van der Waals surface area contributed by atoms with Crippen LogP contribution in [-0.4, -0.2) is 17.9 Å². The largest absolute Gasteiger partial charge is 0.473 e. The van der Waals surface area contributed by atoms with Crippen molar-refractivity contribution in [2.75, 3.05) is 7.11 Å². The van der Waals surface area contributed by atoms with E-state index in [4.69, 9.17) is 4.74 Å². The molecule has 0 aromatic carbocycles. The van der Waals surface area contributed by atoms with Gasteiger partial charge in [0.15, 0.2) is 5.78 Å². The summed E-state index contributed by atoms with van der Waals surface area (Å²) in [5.74, 6) is 0.114. The van der Waals surface area contributed by atoms with Gasteiger partial charge < -0.3 is 4.74 Å². The van der Waals surface area contributed by atoms with Crippen molar-refractivity contribution >= 4 is 17.1 Å². The summed E-state index contributed by atoms with van der Waals surface area (Å²) in [4.78, 5) is 16.5. The Labute approximate surface area is 86.4 Å². The molecule has 3 nitrogen and oxygen atoms in total. The second kappa shape index (κ2) is 3.92. The number of hydrogen-bond acceptors (Lipinski definition) is 4. The van der Waals surface area contributed by atoms with Crippen LogP contribution in [0.2, 0.25) is 0 Å². The highest BCUT2D eigenvalue weighted by atomic mass is 32.1. The predicted molar refractivity (Wildman–Crippen MR) is 54.9 cm³/mol. The molecule has 2 rings (SSSR count). The van der Waals surface area contributed by atoms with Crippen LogP contribution in [0.15, 0.2) is 17.8 Å². The number of ether oxygens (including phenoxy) is 1. The fourth-order valence-electron chi connectivity index (χ4n) is 1.49. The van der Waals surface area contributed by atoms with Crippen molar-refractivity contribution in [3.63, 3.8) is 0 Å². The van der Waals surface area contributed by atoms with Gasteiger partial charge in [-0.05, 0) is 24.8 Å². The summed E-state index contributed by atoms with van der Waals surface area (Å²) in [6.45, 7) is 0. The number of Topliss-reactive ketones (excluding diaryl/α,β-unsaturated/α-hetero) is 1. The van der Waals surface area contributed by atoms with Gasteiger partial charge in [-0.1, -0.05) is 17.4 Å². The first-order valence-corrected chi connectivity index (χ1v) is 5.36. The quantitative estimate of drug-likeness (QED) is 0.718. The maximum absolute atomic E-state index is 11.8. The molecule has 1 aromatic rings. The highest BCUT2D eigenvalue weighted by molar-refractivity contribution is 7.15. The van der Waals surface area contributed by atoms with Crippen LogP contribution >= 0.6 is 11.3 Å². The number of carbonyl (C=O) groups excluding carboxylic acids is 1. The van der Waals surface area contributed by atoms with E-state index in [9.17, 15) is 4.79 Å². The first kappa shape index (κ1) is 9.40. The molecule has 14 heavy (non-hydrogen) atoms. The first-order valence-electron chi connectivity index (χ1n) is 4.55. The molecule has 0 saturated heterocycles. The van der Waals surface area contributed by atoms with E-state index in [1.807, 2.05) is 6.08 Å². The van der Waals surface area contributed by atoms with Crippen molar-refractivity contribution in [1.82, 2.24) is 4.98 Å². The highest BCUT2D eigenvalue weighted by Gasteiger charge is 2.17. The second-order valence-electron chi connectivity index (χ2n) is 3.15. The van der Waals surface area contributed by atoms with Gasteiger partial charge in [-0.2, -0.15) is 0 Å². The molecule has 1 heterocycles. The van der Waals surface area contributed by atoms with Gasteiger partial charge in [0, 0.05) is 0 Å². The lowest BCUT2D eigenvalue weighted by Gasteiger charge is -1.95. The molecule has 0 saturated carbocycles. The van der Waals surface area contributed by atoms with Gasteiger partial charge in [0.25, 0.3) is 5.19 Å². The molecular weight excluding hydrogens is 198 g/mol. The number of thiazole rings is 1. The Bertz CT molecular complexity index is 381. The van der Waals surface area contributed by atoms with E-state index in [0.29, 0.717) is 10.1 Å². The van der Waals surface area contributed by atoms with Gasteiger partial charge >= 0.3 is 0 Å². The van der Waals surface area contributed by atoms with Crippen LogP contribution in [-0.2, 0) is 0 Å². The minimum atomic E-state index is 0.114. The summed E-state index contributed by atoms with van der Waals surface area (Å²) < 4.78 is 4.94. The topological polar surface area (TPSA) is 39.2 Å². The molecule has 1 aromatic heterocycles. The number of carbonyl (C=O) groups is 1. The Balaban J connectivity index is 2.18. The zero-order valence-corrected chi connectivity index (χ0v) is 8.76. The Morgan fingerprint density at radius 1 is 1.64 bits per heavy atom. The van der Waals surface area contributed by atoms with Crippen LogP contribution in [0.3, 0.4) is 0 Å². The van der Waals surface area contributed by atoms with Gasteiger partial charge in [0.1, 0.15) is 0 Å². The van der Waals surface area contributed by atoms with E-state index in [-0.39, 0.29) is 5.78 Å². The fraction of sp³-hybridized carbons (Fsp3) is 0.400. The lowest BCUT2D eigenvalue weighted by Crippen LogP contribution is -1.98. The van der Waals surface area contributed by atoms with Gasteiger partial charge in [-0.3, -0.25) is 4.79 Å². The van der Waals surface area contributed by atoms with Gasteiger partial charge in [-0.25, -0.2) is 4.98 Å². The SMILES string of the molecule is COc1ncc(C(=O)C2=CCCC2)s1. The van der Waals surface area contributed by atoms with Crippen molar-refractivity contribution < 1.29 is 9.53 Å². The smallest absolute Gasteiger partial charge is 0.273 e. The van der Waals surface area contributed by atoms with Crippen LogP contribution < -0.4 is 4.74 Å². The number of aromatic nitrogens is 1. The number of hydrogen-bond donors (Lipinski definition) is 0. The molecule has 0 bridgehead atoms. The summed E-state index contributed by atoms with van der Waals surface area (Å²) >= 11 is 1.30. The van der Waals surface area contributed by atoms with E-state index in [1.54, 1.807) is 13.3 Å².